The number of nitrogens with zero attached hydrogens (tertiary/aromatic N) is 1. The second kappa shape index (κ2) is 5.18. The number of hydrogen-bond donors (Lipinski definition) is 1. The molecular weight excluding hydrogens is 277 g/mol. The second-order valence-corrected chi connectivity index (χ2v) is 4.79. The average Bonchev–Trinajstić information content (AvgIpc) is 2.72. The van der Waals surface area contributed by atoms with E-state index in [4.69, 9.17) is 5.73 Å². The lowest BCUT2D eigenvalue weighted by atomic mass is 10.1. The van der Waals surface area contributed by atoms with Crippen LogP contribution in [-0.4, -0.2) is 11.3 Å². The first-order chi connectivity index (χ1) is 8.87. The molecule has 0 aliphatic carbocycles. The van der Waals surface area contributed by atoms with Crippen LogP contribution in [0.1, 0.15) is 22.2 Å². The number of alkyl halides is 3. The number of thiazole rings is 1. The number of nitrogens with two attached hydrogens (primary N) is 1. The van der Waals surface area contributed by atoms with E-state index in [1.54, 1.807) is 11.6 Å². The number of hydrogen-bond acceptors (Lipinski definition) is 4. The van der Waals surface area contributed by atoms with Gasteiger partial charge in [-0.05, 0) is 24.6 Å². The highest BCUT2D eigenvalue weighted by Gasteiger charge is 2.31. The molecule has 2 aromatic rings. The molecule has 0 saturated heterocycles. The van der Waals surface area contributed by atoms with Crippen molar-refractivity contribution < 1.29 is 17.9 Å². The zero-order valence-corrected chi connectivity index (χ0v) is 10.8. The molecule has 19 heavy (non-hydrogen) atoms. The summed E-state index contributed by atoms with van der Waals surface area (Å²) in [6.07, 6.45) is -4.71. The Morgan fingerprint density at radius 3 is 2.68 bits per heavy atom. The number of halogens is 3. The highest BCUT2D eigenvalue weighted by molar-refractivity contribution is 7.09. The number of aryl methyl sites for hydroxylation is 1. The summed E-state index contributed by atoms with van der Waals surface area (Å²) in [5.41, 5.74) is 9.01. The van der Waals surface area contributed by atoms with Gasteiger partial charge >= 0.3 is 6.36 Å². The normalized spacial score (nSPS) is 13.3. The van der Waals surface area contributed by atoms with Gasteiger partial charge in [0, 0.05) is 4.88 Å². The van der Waals surface area contributed by atoms with Crippen molar-refractivity contribution in [3.63, 3.8) is 0 Å². The molecule has 0 fully saturated rings. The summed E-state index contributed by atoms with van der Waals surface area (Å²) < 4.78 is 40.3. The van der Waals surface area contributed by atoms with E-state index in [-0.39, 0.29) is 5.75 Å². The maximum Gasteiger partial charge on any atom is 0.573 e. The van der Waals surface area contributed by atoms with Crippen molar-refractivity contribution >= 4 is 11.3 Å². The van der Waals surface area contributed by atoms with Crippen LogP contribution in [0.3, 0.4) is 0 Å². The van der Waals surface area contributed by atoms with Gasteiger partial charge in [0.25, 0.3) is 0 Å². The van der Waals surface area contributed by atoms with E-state index in [0.29, 0.717) is 5.56 Å². The number of aromatic nitrogens is 1. The molecule has 2 rings (SSSR count). The number of rotatable bonds is 3. The van der Waals surface area contributed by atoms with Gasteiger partial charge in [-0.3, -0.25) is 0 Å². The third kappa shape index (κ3) is 3.45. The summed E-state index contributed by atoms with van der Waals surface area (Å²) >= 11 is 1.37. The third-order valence-corrected chi connectivity index (χ3v) is 3.53. The topological polar surface area (TPSA) is 48.1 Å². The molecule has 1 aromatic heterocycles. The van der Waals surface area contributed by atoms with Gasteiger partial charge in [0.2, 0.25) is 0 Å². The van der Waals surface area contributed by atoms with Gasteiger partial charge in [0.05, 0.1) is 17.2 Å². The van der Waals surface area contributed by atoms with Gasteiger partial charge in [0.1, 0.15) is 5.75 Å². The summed E-state index contributed by atoms with van der Waals surface area (Å²) in [5.74, 6) is -0.275. The SMILES string of the molecule is Cc1ncsc1C(N)c1cccc(OC(F)(F)F)c1. The van der Waals surface area contributed by atoms with Gasteiger partial charge in [-0.25, -0.2) is 4.98 Å². The maximum atomic E-state index is 12.2. The van der Waals surface area contributed by atoms with Gasteiger partial charge in [-0.15, -0.1) is 24.5 Å². The maximum absolute atomic E-state index is 12.2. The molecule has 3 nitrogen and oxygen atoms in total. The van der Waals surface area contributed by atoms with Crippen LogP contribution in [0.5, 0.6) is 5.75 Å². The first-order valence-corrected chi connectivity index (χ1v) is 6.26. The summed E-state index contributed by atoms with van der Waals surface area (Å²) in [7, 11) is 0. The van der Waals surface area contributed by atoms with E-state index in [1.807, 2.05) is 6.92 Å². The molecule has 0 aliphatic heterocycles. The van der Waals surface area contributed by atoms with Gasteiger partial charge in [-0.1, -0.05) is 12.1 Å². The van der Waals surface area contributed by atoms with Crippen molar-refractivity contribution in [2.75, 3.05) is 0 Å². The Labute approximate surface area is 111 Å². The molecule has 7 heteroatoms. The van der Waals surface area contributed by atoms with E-state index in [0.717, 1.165) is 10.6 Å². The number of ether oxygens (including phenoxy) is 1. The molecule has 2 N–H and O–H groups in total. The highest BCUT2D eigenvalue weighted by atomic mass is 32.1. The predicted molar refractivity (Wildman–Crippen MR) is 66.0 cm³/mol. The second-order valence-electron chi connectivity index (χ2n) is 3.90. The lowest BCUT2D eigenvalue weighted by Crippen LogP contribution is -2.18. The molecule has 1 heterocycles. The van der Waals surface area contributed by atoms with Crippen LogP contribution in [0.15, 0.2) is 29.8 Å². The predicted octanol–water partition coefficient (Wildman–Crippen LogP) is 3.40. The first-order valence-electron chi connectivity index (χ1n) is 5.38. The van der Waals surface area contributed by atoms with Crippen molar-refractivity contribution in [1.29, 1.82) is 0 Å². The Bertz CT molecular complexity index is 568. The lowest BCUT2D eigenvalue weighted by molar-refractivity contribution is -0.274. The van der Waals surface area contributed by atoms with Crippen molar-refractivity contribution in [2.45, 2.75) is 19.3 Å². The summed E-state index contributed by atoms with van der Waals surface area (Å²) in [5, 5.41) is 0. The minimum atomic E-state index is -4.71. The molecule has 102 valence electrons. The molecule has 0 saturated carbocycles. The first kappa shape index (κ1) is 13.8. The highest BCUT2D eigenvalue weighted by Crippen LogP contribution is 2.29. The molecule has 0 bridgehead atoms. The zero-order valence-electron chi connectivity index (χ0n) is 9.94. The van der Waals surface area contributed by atoms with Crippen LogP contribution in [0.25, 0.3) is 0 Å². The van der Waals surface area contributed by atoms with E-state index < -0.39 is 12.4 Å². The molecule has 1 atom stereocenters. The summed E-state index contributed by atoms with van der Waals surface area (Å²) in [6, 6.07) is 5.16. The van der Waals surface area contributed by atoms with Gasteiger partial charge in [-0.2, -0.15) is 0 Å². The fourth-order valence-electron chi connectivity index (χ4n) is 1.67. The van der Waals surface area contributed by atoms with Crippen LogP contribution in [0, 0.1) is 6.92 Å². The van der Waals surface area contributed by atoms with Gasteiger partial charge < -0.3 is 10.5 Å². The van der Waals surface area contributed by atoms with Crippen LogP contribution in [-0.2, 0) is 0 Å². The lowest BCUT2D eigenvalue weighted by Gasteiger charge is -2.14. The zero-order chi connectivity index (χ0) is 14.0. The molecule has 1 aromatic carbocycles. The average molecular weight is 288 g/mol. The molecule has 0 aliphatic rings. The van der Waals surface area contributed by atoms with E-state index in [1.165, 1.54) is 29.5 Å². The molecule has 0 spiro atoms. The fraction of sp³-hybridized carbons (Fsp3) is 0.250. The Hall–Kier alpha value is -1.60. The van der Waals surface area contributed by atoms with Crippen molar-refractivity contribution in [3.05, 3.63) is 45.9 Å². The fourth-order valence-corrected chi connectivity index (χ4v) is 2.50. The standard InChI is InChI=1S/C12H11F3N2OS/c1-7-11(19-6-17-7)10(16)8-3-2-4-9(5-8)18-12(13,14)15/h2-6,10H,16H2,1H3. The Morgan fingerprint density at radius 2 is 2.11 bits per heavy atom. The third-order valence-electron chi connectivity index (χ3n) is 2.52. The smallest absolute Gasteiger partial charge is 0.406 e. The molecule has 0 amide bonds. The van der Waals surface area contributed by atoms with E-state index in [2.05, 4.69) is 9.72 Å². The minimum absolute atomic E-state index is 0.275. The number of benzene rings is 1. The van der Waals surface area contributed by atoms with E-state index >= 15 is 0 Å². The largest absolute Gasteiger partial charge is 0.573 e. The van der Waals surface area contributed by atoms with Crippen molar-refractivity contribution in [3.8, 4) is 5.75 Å². The molecule has 1 unspecified atom stereocenters. The Balaban J connectivity index is 2.26. The van der Waals surface area contributed by atoms with Crippen LogP contribution in [0.4, 0.5) is 13.2 Å². The monoisotopic (exact) mass is 288 g/mol. The Morgan fingerprint density at radius 1 is 1.37 bits per heavy atom. The molecular formula is C12H11F3N2OS. The molecule has 0 radical (unpaired) electrons. The summed E-state index contributed by atoms with van der Waals surface area (Å²) in [6.45, 7) is 1.81. The van der Waals surface area contributed by atoms with Gasteiger partial charge in [0.15, 0.2) is 0 Å². The quantitative estimate of drug-likeness (QED) is 0.941. The van der Waals surface area contributed by atoms with E-state index in [9.17, 15) is 13.2 Å². The summed E-state index contributed by atoms with van der Waals surface area (Å²) in [4.78, 5) is 4.90. The minimum Gasteiger partial charge on any atom is -0.406 e. The van der Waals surface area contributed by atoms with Crippen molar-refractivity contribution in [2.24, 2.45) is 5.73 Å². The van der Waals surface area contributed by atoms with Crippen molar-refractivity contribution in [1.82, 2.24) is 4.98 Å². The van der Waals surface area contributed by atoms with Crippen LogP contribution in [0.2, 0.25) is 0 Å². The Kier molecular flexibility index (Phi) is 3.77. The van der Waals surface area contributed by atoms with Crippen LogP contribution >= 0.6 is 11.3 Å². The van der Waals surface area contributed by atoms with Crippen LogP contribution < -0.4 is 10.5 Å².